The Kier molecular flexibility index (Phi) is 4.16. The highest BCUT2D eigenvalue weighted by molar-refractivity contribution is 7.08. The Bertz CT molecular complexity index is 723. The van der Waals surface area contributed by atoms with E-state index < -0.39 is 0 Å². The lowest BCUT2D eigenvalue weighted by Crippen LogP contribution is -2.41. The van der Waals surface area contributed by atoms with Crippen LogP contribution in [-0.4, -0.2) is 42.4 Å². The van der Waals surface area contributed by atoms with Crippen molar-refractivity contribution in [2.24, 2.45) is 0 Å². The van der Waals surface area contributed by atoms with Gasteiger partial charge in [0.05, 0.1) is 13.1 Å². The van der Waals surface area contributed by atoms with Crippen LogP contribution in [-0.2, 0) is 13.1 Å². The molecule has 0 amide bonds. The minimum absolute atomic E-state index is 0.432. The minimum atomic E-state index is 0.432. The predicted octanol–water partition coefficient (Wildman–Crippen LogP) is 2.44. The Morgan fingerprint density at radius 1 is 1.35 bits per heavy atom. The molecule has 0 saturated carbocycles. The molecule has 4 rings (SSSR count). The van der Waals surface area contributed by atoms with Gasteiger partial charge >= 0.3 is 0 Å². The van der Waals surface area contributed by atoms with Crippen molar-refractivity contribution in [2.75, 3.05) is 6.54 Å². The summed E-state index contributed by atoms with van der Waals surface area (Å²) >= 11 is 1.63. The first-order valence-corrected chi connectivity index (χ1v) is 8.74. The lowest BCUT2D eigenvalue weighted by atomic mass is 10.0. The summed E-state index contributed by atoms with van der Waals surface area (Å²) in [5, 5.41) is 12.4. The third-order valence-corrected chi connectivity index (χ3v) is 4.88. The number of aromatic nitrogens is 5. The van der Waals surface area contributed by atoms with Crippen LogP contribution in [0.25, 0.3) is 11.4 Å². The monoisotopic (exact) mass is 330 g/mol. The van der Waals surface area contributed by atoms with Crippen molar-refractivity contribution in [2.45, 2.75) is 38.4 Å². The lowest BCUT2D eigenvalue weighted by molar-refractivity contribution is 0.108. The van der Waals surface area contributed by atoms with Crippen LogP contribution in [0, 0.1) is 0 Å². The van der Waals surface area contributed by atoms with Crippen LogP contribution >= 0.6 is 11.3 Å². The Morgan fingerprint density at radius 2 is 2.35 bits per heavy atom. The first-order chi connectivity index (χ1) is 11.4. The minimum Gasteiger partial charge on any atom is -0.338 e. The molecule has 0 bridgehead atoms. The number of rotatable bonds is 5. The number of nitrogens with zero attached hydrogens (tertiary/aromatic N) is 6. The fourth-order valence-electron chi connectivity index (χ4n) is 3.02. The van der Waals surface area contributed by atoms with Crippen LogP contribution in [0.15, 0.2) is 34.0 Å². The maximum absolute atomic E-state index is 5.44. The molecular weight excluding hydrogens is 312 g/mol. The van der Waals surface area contributed by atoms with Gasteiger partial charge in [0.25, 0.3) is 0 Å². The Labute approximate surface area is 138 Å². The fraction of sp³-hybridized carbons (Fsp3) is 0.467. The maximum atomic E-state index is 5.44. The Balaban J connectivity index is 1.45. The molecule has 0 spiro atoms. The van der Waals surface area contributed by atoms with E-state index in [0.29, 0.717) is 24.3 Å². The van der Waals surface area contributed by atoms with E-state index in [1.807, 2.05) is 21.5 Å². The summed E-state index contributed by atoms with van der Waals surface area (Å²) < 4.78 is 7.34. The molecule has 7 nitrogen and oxygen atoms in total. The molecule has 1 atom stereocenters. The van der Waals surface area contributed by atoms with Gasteiger partial charge in [-0.15, -0.1) is 0 Å². The van der Waals surface area contributed by atoms with Crippen LogP contribution in [0.5, 0.6) is 0 Å². The molecule has 23 heavy (non-hydrogen) atoms. The second kappa shape index (κ2) is 6.59. The third kappa shape index (κ3) is 3.32. The Morgan fingerprint density at radius 3 is 3.17 bits per heavy atom. The molecule has 8 heteroatoms. The molecule has 3 aromatic heterocycles. The van der Waals surface area contributed by atoms with E-state index in [1.54, 1.807) is 24.0 Å². The van der Waals surface area contributed by atoms with Crippen molar-refractivity contribution in [3.63, 3.8) is 0 Å². The number of hydrogen-bond acceptors (Lipinski definition) is 7. The quantitative estimate of drug-likeness (QED) is 0.715. The molecule has 120 valence electrons. The summed E-state index contributed by atoms with van der Waals surface area (Å²) in [6.45, 7) is 2.59. The van der Waals surface area contributed by atoms with Gasteiger partial charge < -0.3 is 4.52 Å². The molecular formula is C15H18N6OS. The van der Waals surface area contributed by atoms with Crippen molar-refractivity contribution in [3.8, 4) is 11.4 Å². The molecule has 3 aromatic rings. The van der Waals surface area contributed by atoms with E-state index in [-0.39, 0.29) is 0 Å². The summed E-state index contributed by atoms with van der Waals surface area (Å²) in [7, 11) is 0. The Hall–Kier alpha value is -2.06. The van der Waals surface area contributed by atoms with Crippen LogP contribution in [0.1, 0.15) is 25.2 Å². The average Bonchev–Trinajstić information content (AvgIpc) is 3.31. The second-order valence-electron chi connectivity index (χ2n) is 5.76. The van der Waals surface area contributed by atoms with Gasteiger partial charge in [0, 0.05) is 17.0 Å². The van der Waals surface area contributed by atoms with Crippen LogP contribution in [0.3, 0.4) is 0 Å². The summed E-state index contributed by atoms with van der Waals surface area (Å²) in [6.07, 6.45) is 6.97. The van der Waals surface area contributed by atoms with E-state index >= 15 is 0 Å². The summed E-state index contributed by atoms with van der Waals surface area (Å²) in [6, 6.07) is 2.44. The number of hydrogen-bond donors (Lipinski definition) is 0. The molecule has 0 aliphatic carbocycles. The van der Waals surface area contributed by atoms with Crippen LogP contribution < -0.4 is 0 Å². The van der Waals surface area contributed by atoms with Gasteiger partial charge in [-0.05, 0) is 30.8 Å². The molecule has 1 saturated heterocycles. The van der Waals surface area contributed by atoms with Gasteiger partial charge in [-0.1, -0.05) is 11.6 Å². The van der Waals surface area contributed by atoms with Crippen LogP contribution in [0.4, 0.5) is 0 Å². The predicted molar refractivity (Wildman–Crippen MR) is 85.7 cm³/mol. The number of likely N-dealkylation sites (tertiary alicyclic amines) is 1. The number of thiophene rings is 1. The van der Waals surface area contributed by atoms with Gasteiger partial charge in [-0.2, -0.15) is 21.4 Å². The molecule has 0 unspecified atom stereocenters. The SMILES string of the molecule is c1ncn(C[C@H]2CCCCN2Cc2nc(-c3ccsc3)no2)n1. The van der Waals surface area contributed by atoms with Crippen molar-refractivity contribution in [3.05, 3.63) is 35.4 Å². The molecule has 0 aromatic carbocycles. The number of piperidine rings is 1. The largest absolute Gasteiger partial charge is 0.338 e. The van der Waals surface area contributed by atoms with Crippen molar-refractivity contribution in [1.82, 2.24) is 29.8 Å². The molecule has 1 aliphatic heterocycles. The zero-order valence-electron chi connectivity index (χ0n) is 12.7. The summed E-state index contributed by atoms with van der Waals surface area (Å²) in [4.78, 5) is 11.0. The molecule has 4 heterocycles. The van der Waals surface area contributed by atoms with Crippen molar-refractivity contribution < 1.29 is 4.52 Å². The van der Waals surface area contributed by atoms with E-state index in [0.717, 1.165) is 25.1 Å². The van der Waals surface area contributed by atoms with E-state index in [1.165, 1.54) is 12.8 Å². The standard InChI is InChI=1S/C15H18N6OS/c1-2-5-20(13(3-1)7-21-11-16-10-17-21)8-14-18-15(19-22-14)12-4-6-23-9-12/h4,6,9-11,13H,1-3,5,7-8H2/t13-/m1/s1. The highest BCUT2D eigenvalue weighted by Crippen LogP contribution is 2.22. The van der Waals surface area contributed by atoms with Gasteiger partial charge in [0.1, 0.15) is 12.7 Å². The molecule has 0 N–H and O–H groups in total. The lowest BCUT2D eigenvalue weighted by Gasteiger charge is -2.34. The van der Waals surface area contributed by atoms with E-state index in [2.05, 4.69) is 25.1 Å². The van der Waals surface area contributed by atoms with Crippen molar-refractivity contribution in [1.29, 1.82) is 0 Å². The third-order valence-electron chi connectivity index (χ3n) is 4.20. The zero-order valence-corrected chi connectivity index (χ0v) is 13.5. The summed E-state index contributed by atoms with van der Waals surface area (Å²) in [5.74, 6) is 1.35. The average molecular weight is 330 g/mol. The van der Waals surface area contributed by atoms with Crippen molar-refractivity contribution >= 4 is 11.3 Å². The highest BCUT2D eigenvalue weighted by Gasteiger charge is 2.25. The smallest absolute Gasteiger partial charge is 0.241 e. The highest BCUT2D eigenvalue weighted by atomic mass is 32.1. The first kappa shape index (κ1) is 14.5. The van der Waals surface area contributed by atoms with Gasteiger partial charge in [0.2, 0.25) is 11.7 Å². The van der Waals surface area contributed by atoms with E-state index in [4.69, 9.17) is 4.52 Å². The van der Waals surface area contributed by atoms with Crippen LogP contribution in [0.2, 0.25) is 0 Å². The normalized spacial score (nSPS) is 19.2. The fourth-order valence-corrected chi connectivity index (χ4v) is 3.65. The maximum Gasteiger partial charge on any atom is 0.241 e. The van der Waals surface area contributed by atoms with Gasteiger partial charge in [-0.3, -0.25) is 9.58 Å². The second-order valence-corrected chi connectivity index (χ2v) is 6.54. The van der Waals surface area contributed by atoms with E-state index in [9.17, 15) is 0 Å². The van der Waals surface area contributed by atoms with Gasteiger partial charge in [0.15, 0.2) is 0 Å². The zero-order chi connectivity index (χ0) is 15.5. The molecule has 1 aliphatic rings. The molecule has 0 radical (unpaired) electrons. The summed E-state index contributed by atoms with van der Waals surface area (Å²) in [5.41, 5.74) is 1.02. The van der Waals surface area contributed by atoms with Gasteiger partial charge in [-0.25, -0.2) is 4.98 Å². The topological polar surface area (TPSA) is 72.9 Å². The molecule has 1 fully saturated rings. The first-order valence-electron chi connectivity index (χ1n) is 7.80.